The maximum Gasteiger partial charge on any atom is 0.274 e. The van der Waals surface area contributed by atoms with E-state index in [1.807, 2.05) is 0 Å². The number of aromatic hydroxyl groups is 1. The molecule has 2 N–H and O–H groups in total. The molecule has 1 aliphatic heterocycles. The highest BCUT2D eigenvalue weighted by Gasteiger charge is 2.41. The fourth-order valence-electron chi connectivity index (χ4n) is 4.45. The van der Waals surface area contributed by atoms with Crippen LogP contribution in [0.4, 0.5) is 13.2 Å². The number of rotatable bonds is 3. The summed E-state index contributed by atoms with van der Waals surface area (Å²) in [4.78, 5) is 39.5. The van der Waals surface area contributed by atoms with Crippen molar-refractivity contribution in [3.05, 3.63) is 62.8 Å². The van der Waals surface area contributed by atoms with E-state index in [1.165, 1.54) is 15.7 Å². The van der Waals surface area contributed by atoms with Gasteiger partial charge >= 0.3 is 0 Å². The van der Waals surface area contributed by atoms with Crippen LogP contribution in [0.3, 0.4) is 0 Å². The smallest absolute Gasteiger partial charge is 0.274 e. The molecule has 2 heterocycles. The third kappa shape index (κ3) is 3.45. The van der Waals surface area contributed by atoms with E-state index in [0.717, 1.165) is 19.3 Å². The van der Waals surface area contributed by atoms with Gasteiger partial charge in [0.25, 0.3) is 11.8 Å². The molecule has 0 saturated heterocycles. The van der Waals surface area contributed by atoms with Gasteiger partial charge in [0.05, 0.1) is 12.1 Å². The van der Waals surface area contributed by atoms with Gasteiger partial charge in [0.15, 0.2) is 11.4 Å². The van der Waals surface area contributed by atoms with Crippen LogP contribution in [0.5, 0.6) is 5.75 Å². The SMILES string of the molecule is CN1C(=O)c2c(O)c(=O)c(C(=O)NCc3c(F)cc(F)cc3F)cn2C2CCCC[C@H]21. The van der Waals surface area contributed by atoms with Crippen molar-refractivity contribution < 1.29 is 27.9 Å². The highest BCUT2D eigenvalue weighted by atomic mass is 19.1. The molecule has 2 amide bonds. The summed E-state index contributed by atoms with van der Waals surface area (Å²) in [6.45, 7) is -0.632. The monoisotopic (exact) mass is 435 g/mol. The molecular formula is C21H20F3N3O4. The first-order valence-electron chi connectivity index (χ1n) is 9.87. The first-order valence-corrected chi connectivity index (χ1v) is 9.87. The summed E-state index contributed by atoms with van der Waals surface area (Å²) in [6, 6.07) is 0.621. The van der Waals surface area contributed by atoms with E-state index in [2.05, 4.69) is 5.32 Å². The van der Waals surface area contributed by atoms with Crippen LogP contribution in [0.2, 0.25) is 0 Å². The third-order valence-electron chi connectivity index (χ3n) is 6.06. The number of nitrogens with zero attached hydrogens (tertiary/aromatic N) is 2. The van der Waals surface area contributed by atoms with Crippen molar-refractivity contribution in [2.24, 2.45) is 0 Å². The van der Waals surface area contributed by atoms with Crippen LogP contribution >= 0.6 is 0 Å². The Bertz CT molecular complexity index is 1120. The molecule has 2 aliphatic rings. The Kier molecular flexibility index (Phi) is 5.24. The Morgan fingerprint density at radius 3 is 2.39 bits per heavy atom. The van der Waals surface area contributed by atoms with Crippen molar-refractivity contribution in [3.63, 3.8) is 0 Å². The van der Waals surface area contributed by atoms with E-state index >= 15 is 0 Å². The van der Waals surface area contributed by atoms with E-state index in [-0.39, 0.29) is 17.8 Å². The van der Waals surface area contributed by atoms with Gasteiger partial charge in [0.2, 0.25) is 5.43 Å². The minimum absolute atomic E-state index is 0.131. The summed E-state index contributed by atoms with van der Waals surface area (Å²) in [5.41, 5.74) is -2.25. The number of nitrogens with one attached hydrogen (secondary N) is 1. The topological polar surface area (TPSA) is 91.6 Å². The van der Waals surface area contributed by atoms with Crippen molar-refractivity contribution in [1.29, 1.82) is 0 Å². The summed E-state index contributed by atoms with van der Waals surface area (Å²) < 4.78 is 42.2. The summed E-state index contributed by atoms with van der Waals surface area (Å²) in [5.74, 6) is -5.78. The van der Waals surface area contributed by atoms with Gasteiger partial charge in [-0.15, -0.1) is 0 Å². The average Bonchev–Trinajstić information content (AvgIpc) is 2.73. The average molecular weight is 435 g/mol. The minimum Gasteiger partial charge on any atom is -0.503 e. The lowest BCUT2D eigenvalue weighted by molar-refractivity contribution is 0.0507. The number of likely N-dealkylation sites (N-methyl/N-ethyl adjacent to an activating group) is 1. The number of carbonyl (C=O) groups excluding carboxylic acids is 2. The Labute approximate surface area is 175 Å². The minimum atomic E-state index is -1.18. The molecule has 2 atom stereocenters. The molecule has 0 radical (unpaired) electrons. The van der Waals surface area contributed by atoms with Gasteiger partial charge in [-0.05, 0) is 12.8 Å². The highest BCUT2D eigenvalue weighted by Crippen LogP contribution is 2.38. The fourth-order valence-corrected chi connectivity index (χ4v) is 4.45. The van der Waals surface area contributed by atoms with Crippen LogP contribution in [0.1, 0.15) is 58.1 Å². The molecule has 0 spiro atoms. The van der Waals surface area contributed by atoms with E-state index in [1.54, 1.807) is 7.05 Å². The Balaban J connectivity index is 1.69. The van der Waals surface area contributed by atoms with Gasteiger partial charge in [0, 0.05) is 37.5 Å². The maximum atomic E-state index is 13.8. The quantitative estimate of drug-likeness (QED) is 0.775. The second-order valence-electron chi connectivity index (χ2n) is 7.84. The lowest BCUT2D eigenvalue weighted by Gasteiger charge is -2.44. The third-order valence-corrected chi connectivity index (χ3v) is 6.06. The fraction of sp³-hybridized carbons (Fsp3) is 0.381. The number of pyridine rings is 1. The first kappa shape index (κ1) is 21.0. The predicted octanol–water partition coefficient (Wildman–Crippen LogP) is 2.47. The molecule has 1 aliphatic carbocycles. The van der Waals surface area contributed by atoms with Crippen LogP contribution in [0, 0.1) is 17.5 Å². The molecule has 164 valence electrons. The van der Waals surface area contributed by atoms with Gasteiger partial charge < -0.3 is 19.9 Å². The van der Waals surface area contributed by atoms with Crippen molar-refractivity contribution in [3.8, 4) is 5.75 Å². The molecule has 0 bridgehead atoms. The molecule has 31 heavy (non-hydrogen) atoms. The lowest BCUT2D eigenvalue weighted by Crippen LogP contribution is -2.51. The van der Waals surface area contributed by atoms with Gasteiger partial charge in [-0.1, -0.05) is 12.8 Å². The van der Waals surface area contributed by atoms with Gasteiger partial charge in [0.1, 0.15) is 23.0 Å². The van der Waals surface area contributed by atoms with E-state index in [0.29, 0.717) is 18.6 Å². The number of halogens is 3. The standard InChI is InChI=1S/C21H20F3N3O4/c1-26-15-4-2-3-5-16(15)27-9-12(18(28)19(29)17(27)21(26)31)20(30)25-8-11-13(23)6-10(22)7-14(11)24/h6-7,9,15-16,29H,2-5,8H2,1H3,(H,25,30)/t15-,16?/m1/s1. The van der Waals surface area contributed by atoms with Crippen LogP contribution in [0.25, 0.3) is 0 Å². The molecule has 1 saturated carbocycles. The molecule has 7 nitrogen and oxygen atoms in total. The summed E-state index contributed by atoms with van der Waals surface area (Å²) in [5, 5.41) is 12.7. The van der Waals surface area contributed by atoms with E-state index in [9.17, 15) is 32.7 Å². The lowest BCUT2D eigenvalue weighted by atomic mass is 9.86. The molecule has 1 unspecified atom stereocenters. The van der Waals surface area contributed by atoms with Crippen molar-refractivity contribution in [2.45, 2.75) is 44.3 Å². The van der Waals surface area contributed by atoms with E-state index in [4.69, 9.17) is 0 Å². The Hall–Kier alpha value is -3.30. The second kappa shape index (κ2) is 7.75. The predicted molar refractivity (Wildman–Crippen MR) is 103 cm³/mol. The first-order chi connectivity index (χ1) is 14.7. The molecule has 10 heteroatoms. The number of benzene rings is 1. The molecular weight excluding hydrogens is 415 g/mol. The summed E-state index contributed by atoms with van der Waals surface area (Å²) in [6.07, 6.45) is 4.50. The number of aromatic nitrogens is 1. The normalized spacial score (nSPS) is 20.3. The number of hydrogen-bond donors (Lipinski definition) is 2. The zero-order valence-corrected chi connectivity index (χ0v) is 16.6. The zero-order valence-electron chi connectivity index (χ0n) is 16.6. The van der Waals surface area contributed by atoms with Gasteiger partial charge in [-0.3, -0.25) is 14.4 Å². The number of carbonyl (C=O) groups is 2. The van der Waals surface area contributed by atoms with Gasteiger partial charge in [-0.2, -0.15) is 0 Å². The molecule has 1 aromatic heterocycles. The van der Waals surface area contributed by atoms with Crippen LogP contribution in [0.15, 0.2) is 23.1 Å². The second-order valence-corrected chi connectivity index (χ2v) is 7.84. The molecule has 1 aromatic carbocycles. The van der Waals surface area contributed by atoms with Crippen molar-refractivity contribution in [1.82, 2.24) is 14.8 Å². The maximum absolute atomic E-state index is 13.8. The molecule has 1 fully saturated rings. The highest BCUT2D eigenvalue weighted by molar-refractivity contribution is 5.99. The summed E-state index contributed by atoms with van der Waals surface area (Å²) in [7, 11) is 1.62. The number of amides is 2. The number of hydrogen-bond acceptors (Lipinski definition) is 4. The molecule has 2 aromatic rings. The van der Waals surface area contributed by atoms with Crippen LogP contribution in [-0.2, 0) is 6.54 Å². The summed E-state index contributed by atoms with van der Waals surface area (Å²) >= 11 is 0. The zero-order chi connectivity index (χ0) is 22.4. The van der Waals surface area contributed by atoms with Crippen molar-refractivity contribution in [2.75, 3.05) is 7.05 Å². The van der Waals surface area contributed by atoms with Gasteiger partial charge in [-0.25, -0.2) is 13.2 Å². The van der Waals surface area contributed by atoms with Crippen LogP contribution in [-0.4, -0.2) is 39.5 Å². The Morgan fingerprint density at radius 1 is 1.13 bits per heavy atom. The van der Waals surface area contributed by atoms with Crippen molar-refractivity contribution >= 4 is 11.8 Å². The largest absolute Gasteiger partial charge is 0.503 e. The Morgan fingerprint density at radius 2 is 1.74 bits per heavy atom. The van der Waals surface area contributed by atoms with E-state index < -0.39 is 58.1 Å². The number of fused-ring (bicyclic) bond motifs is 3. The van der Waals surface area contributed by atoms with Crippen LogP contribution < -0.4 is 10.7 Å². The molecule has 4 rings (SSSR count).